The van der Waals surface area contributed by atoms with Crippen LogP contribution in [0.1, 0.15) is 33.9 Å². The second-order valence-electron chi connectivity index (χ2n) is 6.67. The van der Waals surface area contributed by atoms with Gasteiger partial charge in [0.15, 0.2) is 0 Å². The fourth-order valence-corrected chi connectivity index (χ4v) is 3.12. The first-order chi connectivity index (χ1) is 11.4. The summed E-state index contributed by atoms with van der Waals surface area (Å²) in [5, 5.41) is 2.21. The average Bonchev–Trinajstić information content (AvgIpc) is 2.53. The third-order valence-corrected chi connectivity index (χ3v) is 4.98. The third kappa shape index (κ3) is 1.99. The maximum absolute atomic E-state index is 4.85. The summed E-state index contributed by atoms with van der Waals surface area (Å²) < 4.78 is 0. The minimum absolute atomic E-state index is 0.847. The highest BCUT2D eigenvalue weighted by Crippen LogP contribution is 2.33. The number of aromatic nitrogens is 4. The molecule has 0 radical (unpaired) electrons. The predicted molar refractivity (Wildman–Crippen MR) is 98.6 cm³/mol. The lowest BCUT2D eigenvalue weighted by molar-refractivity contribution is 1.09. The molecular formula is C20H20N4. The summed E-state index contributed by atoms with van der Waals surface area (Å²) in [6, 6.07) is 4.40. The molecule has 0 amide bonds. The monoisotopic (exact) mass is 316 g/mol. The van der Waals surface area contributed by atoms with Gasteiger partial charge in [0.05, 0.1) is 33.8 Å². The quantitative estimate of drug-likeness (QED) is 0.446. The van der Waals surface area contributed by atoms with E-state index in [1.807, 2.05) is 27.7 Å². The first-order valence-electron chi connectivity index (χ1n) is 8.19. The second-order valence-corrected chi connectivity index (χ2v) is 6.67. The molecule has 4 aromatic rings. The van der Waals surface area contributed by atoms with E-state index in [-0.39, 0.29) is 0 Å². The van der Waals surface area contributed by atoms with Crippen LogP contribution in [0.2, 0.25) is 0 Å². The molecule has 2 aromatic heterocycles. The molecule has 120 valence electrons. The normalized spacial score (nSPS) is 11.8. The lowest BCUT2D eigenvalue weighted by atomic mass is 9.99. The van der Waals surface area contributed by atoms with E-state index >= 15 is 0 Å². The molecule has 0 fully saturated rings. The van der Waals surface area contributed by atoms with Crippen molar-refractivity contribution in [1.82, 2.24) is 19.9 Å². The number of rotatable bonds is 0. The van der Waals surface area contributed by atoms with Crippen LogP contribution < -0.4 is 0 Å². The van der Waals surface area contributed by atoms with Crippen LogP contribution in [0.25, 0.3) is 32.8 Å². The Morgan fingerprint density at radius 1 is 0.458 bits per heavy atom. The van der Waals surface area contributed by atoms with Crippen LogP contribution in [-0.4, -0.2) is 19.9 Å². The number of benzene rings is 2. The molecule has 4 rings (SSSR count). The smallest absolute Gasteiger partial charge is 0.117 e. The molecule has 4 nitrogen and oxygen atoms in total. The van der Waals surface area contributed by atoms with E-state index in [4.69, 9.17) is 19.9 Å². The molecule has 0 atom stereocenters. The van der Waals surface area contributed by atoms with Crippen molar-refractivity contribution in [1.29, 1.82) is 0 Å². The maximum atomic E-state index is 4.85. The zero-order chi connectivity index (χ0) is 17.2. The summed E-state index contributed by atoms with van der Waals surface area (Å²) in [7, 11) is 0. The lowest BCUT2D eigenvalue weighted by Gasteiger charge is -2.13. The maximum Gasteiger partial charge on any atom is 0.117 e. The lowest BCUT2D eigenvalue weighted by Crippen LogP contribution is -2.01. The number of hydrogen-bond donors (Lipinski definition) is 0. The van der Waals surface area contributed by atoms with E-state index in [0.717, 1.165) is 55.6 Å². The Morgan fingerprint density at radius 3 is 1.08 bits per heavy atom. The molecule has 4 heteroatoms. The van der Waals surface area contributed by atoms with Gasteiger partial charge in [0.1, 0.15) is 11.0 Å². The van der Waals surface area contributed by atoms with E-state index in [1.165, 1.54) is 11.1 Å². The molecule has 0 unspecified atom stereocenters. The molecule has 0 saturated carbocycles. The summed E-state index contributed by atoms with van der Waals surface area (Å²) in [6.45, 7) is 12.3. The molecule has 0 N–H and O–H groups in total. The van der Waals surface area contributed by atoms with Gasteiger partial charge in [0.2, 0.25) is 0 Å². The van der Waals surface area contributed by atoms with Gasteiger partial charge < -0.3 is 0 Å². The molecule has 0 aliphatic carbocycles. The number of fused-ring (bicyclic) bond motifs is 6. The number of aryl methyl sites for hydroxylation is 6. The predicted octanol–water partition coefficient (Wildman–Crippen LogP) is 4.58. The van der Waals surface area contributed by atoms with E-state index < -0.39 is 0 Å². The number of hydrogen-bond acceptors (Lipinski definition) is 4. The molecule has 2 heterocycles. The fourth-order valence-electron chi connectivity index (χ4n) is 3.12. The highest BCUT2D eigenvalue weighted by Gasteiger charge is 2.16. The summed E-state index contributed by atoms with van der Waals surface area (Å²) in [6.07, 6.45) is 0. The number of nitrogens with zero attached hydrogens (tertiary/aromatic N) is 4. The Bertz CT molecular complexity index is 892. The Hall–Kier alpha value is -2.62. The second kappa shape index (κ2) is 4.94. The van der Waals surface area contributed by atoms with Gasteiger partial charge in [0, 0.05) is 10.8 Å². The van der Waals surface area contributed by atoms with Crippen molar-refractivity contribution in [3.63, 3.8) is 0 Å². The van der Waals surface area contributed by atoms with Crippen molar-refractivity contribution >= 4 is 32.8 Å². The highest BCUT2D eigenvalue weighted by molar-refractivity contribution is 6.20. The largest absolute Gasteiger partial charge is 0.249 e. The molecule has 2 aromatic carbocycles. The summed E-state index contributed by atoms with van der Waals surface area (Å²) in [5.74, 6) is 0. The standard InChI is InChI=1S/C20H20N4/c1-9-7-15-16(8-10(9)2)18-20(24-14(6)12(4)22-18)19-17(15)21-11(3)13(5)23-19/h7-8H,1-6H3. The van der Waals surface area contributed by atoms with Crippen LogP contribution in [-0.2, 0) is 0 Å². The summed E-state index contributed by atoms with van der Waals surface area (Å²) in [5.41, 5.74) is 9.82. The zero-order valence-corrected chi connectivity index (χ0v) is 14.9. The highest BCUT2D eigenvalue weighted by atomic mass is 14.9. The van der Waals surface area contributed by atoms with Crippen molar-refractivity contribution in [2.45, 2.75) is 41.5 Å². The van der Waals surface area contributed by atoms with E-state index in [1.54, 1.807) is 0 Å². The van der Waals surface area contributed by atoms with Crippen LogP contribution in [0.15, 0.2) is 12.1 Å². The Balaban J connectivity index is 2.40. The Morgan fingerprint density at radius 2 is 0.750 bits per heavy atom. The van der Waals surface area contributed by atoms with Gasteiger partial charge in [-0.25, -0.2) is 19.9 Å². The summed E-state index contributed by atoms with van der Waals surface area (Å²) in [4.78, 5) is 19.3. The van der Waals surface area contributed by atoms with Gasteiger partial charge in [-0.2, -0.15) is 0 Å². The minimum Gasteiger partial charge on any atom is -0.249 e. The molecule has 0 bridgehead atoms. The van der Waals surface area contributed by atoms with Gasteiger partial charge in [-0.3, -0.25) is 0 Å². The van der Waals surface area contributed by atoms with Crippen molar-refractivity contribution in [3.05, 3.63) is 46.0 Å². The molecule has 0 saturated heterocycles. The zero-order valence-electron chi connectivity index (χ0n) is 14.9. The first kappa shape index (κ1) is 14.9. The molecule has 24 heavy (non-hydrogen) atoms. The van der Waals surface area contributed by atoms with Gasteiger partial charge in [-0.1, -0.05) is 0 Å². The topological polar surface area (TPSA) is 51.6 Å². The van der Waals surface area contributed by atoms with Gasteiger partial charge in [-0.15, -0.1) is 0 Å². The van der Waals surface area contributed by atoms with Gasteiger partial charge in [0.25, 0.3) is 0 Å². The fraction of sp³-hybridized carbons (Fsp3) is 0.300. The SMILES string of the molecule is Cc1cc2c(cc1C)c1nc(C)c(C)nc1c1nc(C)c(C)nc21. The minimum atomic E-state index is 0.847. The van der Waals surface area contributed by atoms with Crippen LogP contribution in [0.5, 0.6) is 0 Å². The van der Waals surface area contributed by atoms with Crippen molar-refractivity contribution in [3.8, 4) is 0 Å². The van der Waals surface area contributed by atoms with Crippen molar-refractivity contribution < 1.29 is 0 Å². The Kier molecular flexibility index (Phi) is 3.07. The van der Waals surface area contributed by atoms with Crippen LogP contribution in [0.3, 0.4) is 0 Å². The van der Waals surface area contributed by atoms with Crippen molar-refractivity contribution in [2.24, 2.45) is 0 Å². The van der Waals surface area contributed by atoms with Crippen LogP contribution >= 0.6 is 0 Å². The van der Waals surface area contributed by atoms with Crippen LogP contribution in [0, 0.1) is 41.5 Å². The Labute approximate surface area is 141 Å². The van der Waals surface area contributed by atoms with Crippen molar-refractivity contribution in [2.75, 3.05) is 0 Å². The van der Waals surface area contributed by atoms with E-state index in [9.17, 15) is 0 Å². The molecular weight excluding hydrogens is 296 g/mol. The molecule has 0 spiro atoms. The summed E-state index contributed by atoms with van der Waals surface area (Å²) >= 11 is 0. The van der Waals surface area contributed by atoms with Gasteiger partial charge >= 0.3 is 0 Å². The first-order valence-corrected chi connectivity index (χ1v) is 8.19. The average molecular weight is 316 g/mol. The van der Waals surface area contributed by atoms with E-state index in [0.29, 0.717) is 0 Å². The molecule has 0 aliphatic heterocycles. The van der Waals surface area contributed by atoms with Gasteiger partial charge in [-0.05, 0) is 64.8 Å². The van der Waals surface area contributed by atoms with Crippen LogP contribution in [0.4, 0.5) is 0 Å². The molecule has 0 aliphatic rings. The third-order valence-electron chi connectivity index (χ3n) is 4.98. The van der Waals surface area contributed by atoms with E-state index in [2.05, 4.69) is 26.0 Å².